The molecule has 114 valence electrons. The van der Waals surface area contributed by atoms with E-state index < -0.39 is 0 Å². The molecule has 3 heterocycles. The number of nitrogens with one attached hydrogen (secondary N) is 1. The predicted octanol–water partition coefficient (Wildman–Crippen LogP) is 1.32. The van der Waals surface area contributed by atoms with Crippen LogP contribution in [0.15, 0.2) is 0 Å². The summed E-state index contributed by atoms with van der Waals surface area (Å²) in [5.74, 6) is 1.42. The Bertz CT molecular complexity index is 360. The number of amides is 1. The van der Waals surface area contributed by atoms with E-state index >= 15 is 0 Å². The van der Waals surface area contributed by atoms with Gasteiger partial charge in [-0.3, -0.25) is 4.79 Å². The lowest BCUT2D eigenvalue weighted by Crippen LogP contribution is -2.55. The van der Waals surface area contributed by atoms with Gasteiger partial charge >= 0.3 is 0 Å². The molecule has 0 bridgehead atoms. The van der Waals surface area contributed by atoms with Gasteiger partial charge in [-0.2, -0.15) is 0 Å². The van der Waals surface area contributed by atoms with Crippen LogP contribution in [0.1, 0.15) is 39.0 Å². The number of likely N-dealkylation sites (tertiary alicyclic amines) is 2. The maximum atomic E-state index is 12.7. The molecule has 4 nitrogen and oxygen atoms in total. The number of piperidine rings is 3. The van der Waals surface area contributed by atoms with Crippen LogP contribution < -0.4 is 5.32 Å². The van der Waals surface area contributed by atoms with Gasteiger partial charge in [-0.25, -0.2) is 0 Å². The van der Waals surface area contributed by atoms with Gasteiger partial charge in [0.1, 0.15) is 0 Å². The molecule has 0 aromatic rings. The highest BCUT2D eigenvalue weighted by molar-refractivity contribution is 5.79. The van der Waals surface area contributed by atoms with Crippen molar-refractivity contribution < 1.29 is 4.79 Å². The van der Waals surface area contributed by atoms with Crippen LogP contribution in [-0.4, -0.2) is 61.0 Å². The van der Waals surface area contributed by atoms with Gasteiger partial charge in [0.25, 0.3) is 0 Å². The minimum atomic E-state index is 0.268. The lowest BCUT2D eigenvalue weighted by Gasteiger charge is -2.46. The lowest BCUT2D eigenvalue weighted by molar-refractivity contribution is -0.140. The summed E-state index contributed by atoms with van der Waals surface area (Å²) in [6.45, 7) is 6.41. The van der Waals surface area contributed by atoms with Crippen molar-refractivity contribution in [2.45, 2.75) is 51.1 Å². The zero-order valence-corrected chi connectivity index (χ0v) is 13.0. The summed E-state index contributed by atoms with van der Waals surface area (Å²) in [7, 11) is 2.25. The van der Waals surface area contributed by atoms with Crippen molar-refractivity contribution in [3.63, 3.8) is 0 Å². The van der Waals surface area contributed by atoms with Crippen LogP contribution in [-0.2, 0) is 4.79 Å². The highest BCUT2D eigenvalue weighted by atomic mass is 16.2. The van der Waals surface area contributed by atoms with Crippen molar-refractivity contribution in [2.24, 2.45) is 11.8 Å². The average molecular weight is 279 g/mol. The summed E-state index contributed by atoms with van der Waals surface area (Å²) in [6.07, 6.45) is 5.82. The fraction of sp³-hybridized carbons (Fsp3) is 0.938. The van der Waals surface area contributed by atoms with Gasteiger partial charge in [0.05, 0.1) is 0 Å². The van der Waals surface area contributed by atoms with Gasteiger partial charge in [0.2, 0.25) is 5.91 Å². The molecule has 0 aromatic heterocycles. The first-order valence-corrected chi connectivity index (χ1v) is 8.37. The Morgan fingerprint density at radius 2 is 2.05 bits per heavy atom. The van der Waals surface area contributed by atoms with Crippen LogP contribution in [0.3, 0.4) is 0 Å². The van der Waals surface area contributed by atoms with E-state index in [4.69, 9.17) is 0 Å². The Morgan fingerprint density at radius 3 is 2.85 bits per heavy atom. The molecule has 0 radical (unpaired) electrons. The second-order valence-corrected chi connectivity index (χ2v) is 7.10. The zero-order chi connectivity index (χ0) is 14.1. The largest absolute Gasteiger partial charge is 0.342 e. The molecule has 0 saturated carbocycles. The summed E-state index contributed by atoms with van der Waals surface area (Å²) in [5, 5.41) is 3.44. The molecule has 3 aliphatic rings. The number of hydrogen-bond acceptors (Lipinski definition) is 3. The van der Waals surface area contributed by atoms with Crippen molar-refractivity contribution in [3.8, 4) is 0 Å². The smallest absolute Gasteiger partial charge is 0.225 e. The Hall–Kier alpha value is -0.610. The van der Waals surface area contributed by atoms with Crippen molar-refractivity contribution in [3.05, 3.63) is 0 Å². The summed E-state index contributed by atoms with van der Waals surface area (Å²) >= 11 is 0. The molecular formula is C16H29N3O. The quantitative estimate of drug-likeness (QED) is 0.786. The lowest BCUT2D eigenvalue weighted by atomic mass is 9.83. The van der Waals surface area contributed by atoms with E-state index in [0.717, 1.165) is 38.5 Å². The Labute approximate surface area is 122 Å². The van der Waals surface area contributed by atoms with E-state index in [-0.39, 0.29) is 5.92 Å². The third kappa shape index (κ3) is 2.86. The number of hydrogen-bond donors (Lipinski definition) is 1. The van der Waals surface area contributed by atoms with Crippen molar-refractivity contribution in [1.82, 2.24) is 15.1 Å². The summed E-state index contributed by atoms with van der Waals surface area (Å²) in [5.41, 5.74) is 0. The number of nitrogens with zero attached hydrogens (tertiary/aromatic N) is 2. The van der Waals surface area contributed by atoms with Crippen LogP contribution in [0.5, 0.6) is 0 Å². The number of carbonyl (C=O) groups excluding carboxylic acids is 1. The average Bonchev–Trinajstić information content (AvgIpc) is 2.46. The summed E-state index contributed by atoms with van der Waals surface area (Å²) in [4.78, 5) is 17.4. The van der Waals surface area contributed by atoms with Crippen molar-refractivity contribution in [2.75, 3.05) is 33.2 Å². The van der Waals surface area contributed by atoms with Crippen LogP contribution >= 0.6 is 0 Å². The van der Waals surface area contributed by atoms with Gasteiger partial charge in [-0.05, 0) is 65.1 Å². The van der Waals surface area contributed by atoms with Gasteiger partial charge in [0, 0.05) is 31.1 Å². The molecule has 3 rings (SSSR count). The Kier molecular flexibility index (Phi) is 4.32. The molecule has 1 N–H and O–H groups in total. The van der Waals surface area contributed by atoms with E-state index in [1.807, 2.05) is 0 Å². The molecule has 4 heteroatoms. The fourth-order valence-electron chi connectivity index (χ4n) is 4.47. The van der Waals surface area contributed by atoms with E-state index in [2.05, 4.69) is 29.1 Å². The van der Waals surface area contributed by atoms with Gasteiger partial charge < -0.3 is 15.1 Å². The standard InChI is InChI=1S/C16H29N3O/c1-12-10-13(5-7-17-12)16(20)19-9-6-15-14(11-19)4-3-8-18(15)2/h12-15,17H,3-11H2,1-2H3/t12-,13-,14?,15?/m0/s1. The number of fused-ring (bicyclic) bond motifs is 1. The number of carbonyl (C=O) groups is 1. The topological polar surface area (TPSA) is 35.6 Å². The third-order valence-corrected chi connectivity index (χ3v) is 5.63. The second kappa shape index (κ2) is 6.02. The second-order valence-electron chi connectivity index (χ2n) is 7.10. The first-order valence-electron chi connectivity index (χ1n) is 8.37. The third-order valence-electron chi connectivity index (χ3n) is 5.63. The normalized spacial score (nSPS) is 39.4. The molecular weight excluding hydrogens is 250 g/mol. The van der Waals surface area contributed by atoms with E-state index in [1.165, 1.54) is 25.8 Å². The van der Waals surface area contributed by atoms with E-state index in [0.29, 0.717) is 17.9 Å². The van der Waals surface area contributed by atoms with E-state index in [1.54, 1.807) is 0 Å². The SMILES string of the molecule is C[C@H]1C[C@@H](C(=O)N2CCC3C(CCCN3C)C2)CCN1. The highest BCUT2D eigenvalue weighted by Crippen LogP contribution is 2.31. The first-order chi connectivity index (χ1) is 9.65. The van der Waals surface area contributed by atoms with Gasteiger partial charge in [-0.1, -0.05) is 0 Å². The maximum Gasteiger partial charge on any atom is 0.225 e. The summed E-state index contributed by atoms with van der Waals surface area (Å²) in [6, 6.07) is 1.22. The van der Waals surface area contributed by atoms with Crippen LogP contribution in [0, 0.1) is 11.8 Å². The monoisotopic (exact) mass is 279 g/mol. The first kappa shape index (κ1) is 14.3. The van der Waals surface area contributed by atoms with Crippen LogP contribution in [0.4, 0.5) is 0 Å². The van der Waals surface area contributed by atoms with Crippen molar-refractivity contribution >= 4 is 5.91 Å². The van der Waals surface area contributed by atoms with Crippen molar-refractivity contribution in [1.29, 1.82) is 0 Å². The highest BCUT2D eigenvalue weighted by Gasteiger charge is 2.37. The Morgan fingerprint density at radius 1 is 1.20 bits per heavy atom. The fourth-order valence-corrected chi connectivity index (χ4v) is 4.47. The molecule has 3 fully saturated rings. The minimum absolute atomic E-state index is 0.268. The molecule has 4 atom stereocenters. The zero-order valence-electron chi connectivity index (χ0n) is 13.0. The molecule has 20 heavy (non-hydrogen) atoms. The number of rotatable bonds is 1. The van der Waals surface area contributed by atoms with Gasteiger partial charge in [0.15, 0.2) is 0 Å². The molecule has 0 aliphatic carbocycles. The minimum Gasteiger partial charge on any atom is -0.342 e. The molecule has 0 spiro atoms. The van der Waals surface area contributed by atoms with Crippen LogP contribution in [0.2, 0.25) is 0 Å². The predicted molar refractivity (Wildman–Crippen MR) is 80.5 cm³/mol. The Balaban J connectivity index is 1.59. The maximum absolute atomic E-state index is 12.7. The molecule has 1 amide bonds. The van der Waals surface area contributed by atoms with Crippen LogP contribution in [0.25, 0.3) is 0 Å². The molecule has 3 saturated heterocycles. The molecule has 2 unspecified atom stereocenters. The molecule has 0 aromatic carbocycles. The van der Waals surface area contributed by atoms with Gasteiger partial charge in [-0.15, -0.1) is 0 Å². The van der Waals surface area contributed by atoms with E-state index in [9.17, 15) is 4.79 Å². The molecule has 3 aliphatic heterocycles. The summed E-state index contributed by atoms with van der Waals surface area (Å²) < 4.78 is 0.